The molecule has 5 nitrogen and oxygen atoms in total. The third-order valence-corrected chi connectivity index (χ3v) is 5.38. The Morgan fingerprint density at radius 1 is 1.10 bits per heavy atom. The summed E-state index contributed by atoms with van der Waals surface area (Å²) in [7, 11) is 0. The number of carbonyl (C=O) groups excluding carboxylic acids is 1. The predicted octanol–water partition coefficient (Wildman–Crippen LogP) is 3.68. The maximum atomic E-state index is 13.0. The number of nitrogens with zero attached hydrogens (tertiary/aromatic N) is 3. The van der Waals surface area contributed by atoms with Gasteiger partial charge in [0.1, 0.15) is 5.82 Å². The van der Waals surface area contributed by atoms with Crippen LogP contribution in [0, 0.1) is 5.82 Å². The van der Waals surface area contributed by atoms with Gasteiger partial charge in [0.05, 0.1) is 5.69 Å². The molecule has 1 fully saturated rings. The van der Waals surface area contributed by atoms with Crippen LogP contribution in [-0.4, -0.2) is 33.2 Å². The van der Waals surface area contributed by atoms with Gasteiger partial charge < -0.3 is 10.2 Å². The molecule has 1 atom stereocenters. The Labute approximate surface area is 170 Å². The summed E-state index contributed by atoms with van der Waals surface area (Å²) in [5.41, 5.74) is 3.16. The fourth-order valence-electron chi connectivity index (χ4n) is 3.83. The van der Waals surface area contributed by atoms with Crippen molar-refractivity contribution in [3.8, 4) is 5.69 Å². The standard InChI is InChI=1S/C23H25FN4O/c24-20-7-5-18(6-8-20)16-25-13-11-21-9-10-23(29)27(21)17-19-3-1-4-22(15-19)28-14-2-12-26-28/h1-8,12,14-15,21,25H,9-11,13,16-17H2. The van der Waals surface area contributed by atoms with Crippen LogP contribution in [0.3, 0.4) is 0 Å². The molecule has 1 amide bonds. The Morgan fingerprint density at radius 2 is 1.97 bits per heavy atom. The summed E-state index contributed by atoms with van der Waals surface area (Å²) in [6, 6.07) is 16.8. The van der Waals surface area contributed by atoms with Gasteiger partial charge >= 0.3 is 0 Å². The highest BCUT2D eigenvalue weighted by Crippen LogP contribution is 2.24. The highest BCUT2D eigenvalue weighted by molar-refractivity contribution is 5.78. The fourth-order valence-corrected chi connectivity index (χ4v) is 3.83. The first kappa shape index (κ1) is 19.3. The maximum absolute atomic E-state index is 13.0. The van der Waals surface area contributed by atoms with Gasteiger partial charge in [0, 0.05) is 37.9 Å². The minimum Gasteiger partial charge on any atom is -0.335 e. The number of aromatic nitrogens is 2. The molecule has 3 aromatic rings. The van der Waals surface area contributed by atoms with Crippen LogP contribution in [0.15, 0.2) is 67.0 Å². The van der Waals surface area contributed by atoms with Gasteiger partial charge in [0.2, 0.25) is 5.91 Å². The van der Waals surface area contributed by atoms with Crippen LogP contribution in [0.1, 0.15) is 30.4 Å². The van der Waals surface area contributed by atoms with Gasteiger partial charge in [0.25, 0.3) is 0 Å². The number of hydrogen-bond donors (Lipinski definition) is 1. The lowest BCUT2D eigenvalue weighted by molar-refractivity contribution is -0.129. The third kappa shape index (κ3) is 4.90. The molecule has 0 spiro atoms. The Bertz CT molecular complexity index is 940. The zero-order valence-corrected chi connectivity index (χ0v) is 16.3. The number of rotatable bonds is 8. The lowest BCUT2D eigenvalue weighted by Crippen LogP contribution is -2.34. The first-order valence-corrected chi connectivity index (χ1v) is 10.0. The SMILES string of the molecule is O=C1CCC(CCNCc2ccc(F)cc2)N1Cc1cccc(-n2cccn2)c1. The van der Waals surface area contributed by atoms with E-state index < -0.39 is 0 Å². The van der Waals surface area contributed by atoms with Crippen LogP contribution < -0.4 is 5.32 Å². The van der Waals surface area contributed by atoms with E-state index >= 15 is 0 Å². The third-order valence-electron chi connectivity index (χ3n) is 5.38. The van der Waals surface area contributed by atoms with Crippen molar-refractivity contribution in [3.05, 3.63) is 83.9 Å². The zero-order valence-electron chi connectivity index (χ0n) is 16.3. The van der Waals surface area contributed by atoms with E-state index in [-0.39, 0.29) is 17.8 Å². The Hall–Kier alpha value is -2.99. The van der Waals surface area contributed by atoms with Crippen LogP contribution in [-0.2, 0) is 17.9 Å². The van der Waals surface area contributed by atoms with E-state index in [0.717, 1.165) is 36.2 Å². The average Bonchev–Trinajstić information content (AvgIpc) is 3.39. The van der Waals surface area contributed by atoms with Gasteiger partial charge in [-0.3, -0.25) is 4.79 Å². The van der Waals surface area contributed by atoms with E-state index in [4.69, 9.17) is 0 Å². The smallest absolute Gasteiger partial charge is 0.223 e. The lowest BCUT2D eigenvalue weighted by atomic mass is 10.1. The molecule has 6 heteroatoms. The van der Waals surface area contributed by atoms with Gasteiger partial charge in [-0.25, -0.2) is 9.07 Å². The molecule has 1 saturated heterocycles. The van der Waals surface area contributed by atoms with E-state index in [1.165, 1.54) is 12.1 Å². The molecule has 1 aliphatic heterocycles. The second kappa shape index (κ2) is 9.01. The van der Waals surface area contributed by atoms with Crippen molar-refractivity contribution in [1.29, 1.82) is 0 Å². The van der Waals surface area contributed by atoms with Crippen molar-refractivity contribution < 1.29 is 9.18 Å². The summed E-state index contributed by atoms with van der Waals surface area (Å²) < 4.78 is 14.8. The van der Waals surface area contributed by atoms with Crippen LogP contribution >= 0.6 is 0 Å². The maximum Gasteiger partial charge on any atom is 0.223 e. The summed E-state index contributed by atoms with van der Waals surface area (Å²) in [4.78, 5) is 14.4. The summed E-state index contributed by atoms with van der Waals surface area (Å²) >= 11 is 0. The van der Waals surface area contributed by atoms with Gasteiger partial charge in [-0.05, 0) is 60.8 Å². The van der Waals surface area contributed by atoms with E-state index in [2.05, 4.69) is 22.5 Å². The van der Waals surface area contributed by atoms with Gasteiger partial charge in [-0.1, -0.05) is 24.3 Å². The number of benzene rings is 2. The van der Waals surface area contributed by atoms with Crippen LogP contribution in [0.25, 0.3) is 5.69 Å². The minimum absolute atomic E-state index is 0.217. The quantitative estimate of drug-likeness (QED) is 0.595. The second-order valence-corrected chi connectivity index (χ2v) is 7.43. The Kier molecular flexibility index (Phi) is 6.00. The van der Waals surface area contributed by atoms with Crippen LogP contribution in [0.4, 0.5) is 4.39 Å². The number of amides is 1. The highest BCUT2D eigenvalue weighted by atomic mass is 19.1. The summed E-state index contributed by atoms with van der Waals surface area (Å²) in [6.45, 7) is 2.14. The van der Waals surface area contributed by atoms with E-state index in [1.54, 1.807) is 18.3 Å². The molecular weight excluding hydrogens is 367 g/mol. The summed E-state index contributed by atoms with van der Waals surface area (Å²) in [5, 5.41) is 7.68. The fraction of sp³-hybridized carbons (Fsp3) is 0.304. The first-order valence-electron chi connectivity index (χ1n) is 10.0. The normalized spacial score (nSPS) is 16.5. The topological polar surface area (TPSA) is 50.2 Å². The molecule has 1 N–H and O–H groups in total. The van der Waals surface area contributed by atoms with Crippen LogP contribution in [0.5, 0.6) is 0 Å². The number of halogens is 1. The monoisotopic (exact) mass is 392 g/mol. The van der Waals surface area contributed by atoms with Crippen molar-refractivity contribution in [2.24, 2.45) is 0 Å². The Morgan fingerprint density at radius 3 is 2.76 bits per heavy atom. The van der Waals surface area contributed by atoms with Crippen LogP contribution in [0.2, 0.25) is 0 Å². The lowest BCUT2D eigenvalue weighted by Gasteiger charge is -2.25. The van der Waals surface area contributed by atoms with E-state index in [0.29, 0.717) is 19.5 Å². The van der Waals surface area contributed by atoms with Crippen molar-refractivity contribution in [2.75, 3.05) is 6.54 Å². The molecule has 0 aliphatic carbocycles. The number of likely N-dealkylation sites (tertiary alicyclic amines) is 1. The van der Waals surface area contributed by atoms with Crippen molar-refractivity contribution in [2.45, 2.75) is 38.4 Å². The minimum atomic E-state index is -0.217. The van der Waals surface area contributed by atoms with E-state index in [1.807, 2.05) is 34.0 Å². The first-order chi connectivity index (χ1) is 14.2. The van der Waals surface area contributed by atoms with E-state index in [9.17, 15) is 9.18 Å². The molecule has 2 heterocycles. The zero-order chi connectivity index (χ0) is 20.1. The molecule has 150 valence electrons. The largest absolute Gasteiger partial charge is 0.335 e. The van der Waals surface area contributed by atoms with Crippen molar-refractivity contribution in [3.63, 3.8) is 0 Å². The van der Waals surface area contributed by atoms with Gasteiger partial charge in [0.15, 0.2) is 0 Å². The van der Waals surface area contributed by atoms with Crippen molar-refractivity contribution >= 4 is 5.91 Å². The average molecular weight is 392 g/mol. The number of hydrogen-bond acceptors (Lipinski definition) is 3. The molecule has 0 radical (unpaired) electrons. The summed E-state index contributed by atoms with van der Waals surface area (Å²) in [6.07, 6.45) is 6.09. The summed E-state index contributed by atoms with van der Waals surface area (Å²) in [5.74, 6) is 0.00325. The molecular formula is C23H25FN4O. The molecule has 4 rings (SSSR count). The molecule has 2 aromatic carbocycles. The second-order valence-electron chi connectivity index (χ2n) is 7.43. The molecule has 1 unspecified atom stereocenters. The van der Waals surface area contributed by atoms with Gasteiger partial charge in [-0.2, -0.15) is 5.10 Å². The molecule has 0 bridgehead atoms. The van der Waals surface area contributed by atoms with Crippen molar-refractivity contribution in [1.82, 2.24) is 20.0 Å². The molecule has 1 aliphatic rings. The number of carbonyl (C=O) groups is 1. The molecule has 0 saturated carbocycles. The molecule has 29 heavy (non-hydrogen) atoms. The van der Waals surface area contributed by atoms with Gasteiger partial charge in [-0.15, -0.1) is 0 Å². The Balaban J connectivity index is 1.32. The predicted molar refractivity (Wildman–Crippen MR) is 110 cm³/mol. The number of nitrogens with one attached hydrogen (secondary N) is 1. The molecule has 1 aromatic heterocycles. The highest BCUT2D eigenvalue weighted by Gasteiger charge is 2.30.